The van der Waals surface area contributed by atoms with E-state index < -0.39 is 0 Å². The van der Waals surface area contributed by atoms with Crippen LogP contribution < -0.4 is 14.8 Å². The third-order valence-electron chi connectivity index (χ3n) is 3.20. The van der Waals surface area contributed by atoms with Crippen LogP contribution in [0.1, 0.15) is 5.56 Å². The Labute approximate surface area is 141 Å². The molecule has 0 heterocycles. The summed E-state index contributed by atoms with van der Waals surface area (Å²) in [4.78, 5) is 12.0. The number of methoxy groups -OCH3 is 2. The lowest BCUT2D eigenvalue weighted by Crippen LogP contribution is -2.08. The predicted molar refractivity (Wildman–Crippen MR) is 94.5 cm³/mol. The Balaban J connectivity index is 1.91. The molecule has 0 bridgehead atoms. The molecular weight excluding hydrogens is 306 g/mol. The van der Waals surface area contributed by atoms with Crippen LogP contribution in [0.15, 0.2) is 54.6 Å². The topological polar surface area (TPSA) is 56.8 Å². The number of carbonyl (C=O) groups is 1. The van der Waals surface area contributed by atoms with Crippen molar-refractivity contribution >= 4 is 17.7 Å². The molecule has 0 spiro atoms. The number of carbonyl (C=O) groups excluding carboxylic acids is 1. The van der Waals surface area contributed by atoms with E-state index in [1.165, 1.54) is 6.08 Å². The van der Waals surface area contributed by atoms with Gasteiger partial charge in [-0.15, -0.1) is 0 Å². The first kappa shape index (κ1) is 17.6. The Morgan fingerprint density at radius 3 is 2.54 bits per heavy atom. The van der Waals surface area contributed by atoms with Crippen molar-refractivity contribution in [1.29, 1.82) is 0 Å². The number of hydrogen-bond donors (Lipinski definition) is 1. The second-order valence-electron chi connectivity index (χ2n) is 4.96. The van der Waals surface area contributed by atoms with Crippen molar-refractivity contribution in [1.82, 2.24) is 0 Å². The van der Waals surface area contributed by atoms with Crippen molar-refractivity contribution in [3.05, 3.63) is 60.2 Å². The molecule has 0 atom stereocenters. The molecule has 1 amide bonds. The molecule has 0 unspecified atom stereocenters. The van der Waals surface area contributed by atoms with Gasteiger partial charge in [0.2, 0.25) is 5.91 Å². The highest BCUT2D eigenvalue weighted by Crippen LogP contribution is 2.17. The van der Waals surface area contributed by atoms with Gasteiger partial charge in [-0.3, -0.25) is 4.79 Å². The third kappa shape index (κ3) is 5.78. The second kappa shape index (κ2) is 9.37. The maximum atomic E-state index is 12.0. The standard InChI is InChI=1S/C19H21NO4/c1-22-12-13-24-18-5-3-4-16(14-18)20-19(21)11-8-15-6-9-17(23-2)10-7-15/h3-11,14H,12-13H2,1-2H3,(H,20,21)/b11-8+. The molecule has 1 N–H and O–H groups in total. The number of benzene rings is 2. The van der Waals surface area contributed by atoms with Gasteiger partial charge < -0.3 is 19.5 Å². The molecule has 24 heavy (non-hydrogen) atoms. The first-order chi connectivity index (χ1) is 11.7. The number of anilines is 1. The molecule has 0 saturated carbocycles. The summed E-state index contributed by atoms with van der Waals surface area (Å²) in [7, 11) is 3.24. The largest absolute Gasteiger partial charge is 0.497 e. The molecular formula is C19H21NO4. The number of amides is 1. The first-order valence-corrected chi connectivity index (χ1v) is 7.56. The molecule has 0 aliphatic carbocycles. The molecule has 2 rings (SSSR count). The first-order valence-electron chi connectivity index (χ1n) is 7.56. The van der Waals surface area contributed by atoms with Crippen molar-refractivity contribution in [2.75, 3.05) is 32.8 Å². The second-order valence-corrected chi connectivity index (χ2v) is 4.96. The van der Waals surface area contributed by atoms with Crippen molar-refractivity contribution in [2.45, 2.75) is 0 Å². The fourth-order valence-corrected chi connectivity index (χ4v) is 1.98. The van der Waals surface area contributed by atoms with Crippen LogP contribution in [0, 0.1) is 0 Å². The molecule has 2 aromatic carbocycles. The van der Waals surface area contributed by atoms with E-state index in [4.69, 9.17) is 14.2 Å². The lowest BCUT2D eigenvalue weighted by atomic mass is 10.2. The van der Waals surface area contributed by atoms with Crippen LogP contribution in [0.2, 0.25) is 0 Å². The third-order valence-corrected chi connectivity index (χ3v) is 3.20. The highest BCUT2D eigenvalue weighted by molar-refractivity contribution is 6.02. The zero-order valence-electron chi connectivity index (χ0n) is 13.8. The van der Waals surface area contributed by atoms with E-state index in [1.807, 2.05) is 42.5 Å². The van der Waals surface area contributed by atoms with Gasteiger partial charge in [-0.1, -0.05) is 18.2 Å². The van der Waals surface area contributed by atoms with Crippen LogP contribution >= 0.6 is 0 Å². The number of nitrogens with one attached hydrogen (secondary N) is 1. The zero-order valence-corrected chi connectivity index (χ0v) is 13.8. The van der Waals surface area contributed by atoms with Crippen LogP contribution in [0.4, 0.5) is 5.69 Å². The molecule has 0 saturated heterocycles. The van der Waals surface area contributed by atoms with Gasteiger partial charge in [0.1, 0.15) is 18.1 Å². The highest BCUT2D eigenvalue weighted by atomic mass is 16.5. The van der Waals surface area contributed by atoms with Crippen molar-refractivity contribution in [3.8, 4) is 11.5 Å². The van der Waals surface area contributed by atoms with Crippen LogP contribution in [-0.2, 0) is 9.53 Å². The normalized spacial score (nSPS) is 10.6. The average Bonchev–Trinajstić information content (AvgIpc) is 2.61. The summed E-state index contributed by atoms with van der Waals surface area (Å²) < 4.78 is 15.5. The van der Waals surface area contributed by atoms with Gasteiger partial charge in [0.15, 0.2) is 0 Å². The Morgan fingerprint density at radius 1 is 1.04 bits per heavy atom. The van der Waals surface area contributed by atoms with Gasteiger partial charge in [-0.25, -0.2) is 0 Å². The summed E-state index contributed by atoms with van der Waals surface area (Å²) in [6.07, 6.45) is 3.23. The van der Waals surface area contributed by atoms with Gasteiger partial charge in [-0.05, 0) is 35.9 Å². The summed E-state index contributed by atoms with van der Waals surface area (Å²) in [5.74, 6) is 1.26. The van der Waals surface area contributed by atoms with Crippen molar-refractivity contribution < 1.29 is 19.0 Å². The molecule has 0 fully saturated rings. The van der Waals surface area contributed by atoms with Gasteiger partial charge in [0.05, 0.1) is 13.7 Å². The van der Waals surface area contributed by atoms with E-state index in [0.717, 1.165) is 11.3 Å². The lowest BCUT2D eigenvalue weighted by molar-refractivity contribution is -0.111. The fraction of sp³-hybridized carbons (Fsp3) is 0.211. The molecule has 2 aromatic rings. The predicted octanol–water partition coefficient (Wildman–Crippen LogP) is 3.37. The van der Waals surface area contributed by atoms with Crippen LogP contribution in [0.25, 0.3) is 6.08 Å². The van der Waals surface area contributed by atoms with E-state index in [9.17, 15) is 4.79 Å². The van der Waals surface area contributed by atoms with E-state index in [-0.39, 0.29) is 5.91 Å². The molecule has 0 aliphatic heterocycles. The molecule has 0 aliphatic rings. The van der Waals surface area contributed by atoms with E-state index in [0.29, 0.717) is 24.7 Å². The van der Waals surface area contributed by atoms with Crippen LogP contribution in [0.3, 0.4) is 0 Å². The minimum absolute atomic E-state index is 0.208. The number of rotatable bonds is 8. The monoisotopic (exact) mass is 327 g/mol. The zero-order chi connectivity index (χ0) is 17.2. The average molecular weight is 327 g/mol. The fourth-order valence-electron chi connectivity index (χ4n) is 1.98. The molecule has 0 radical (unpaired) electrons. The number of hydrogen-bond acceptors (Lipinski definition) is 4. The van der Waals surface area contributed by atoms with Crippen LogP contribution in [-0.4, -0.2) is 33.3 Å². The smallest absolute Gasteiger partial charge is 0.248 e. The Morgan fingerprint density at radius 2 is 1.83 bits per heavy atom. The lowest BCUT2D eigenvalue weighted by Gasteiger charge is -2.08. The molecule has 5 heteroatoms. The minimum Gasteiger partial charge on any atom is -0.497 e. The van der Waals surface area contributed by atoms with Crippen LogP contribution in [0.5, 0.6) is 11.5 Å². The Hall–Kier alpha value is -2.79. The Bertz CT molecular complexity index is 680. The van der Waals surface area contributed by atoms with Gasteiger partial charge >= 0.3 is 0 Å². The summed E-state index contributed by atoms with van der Waals surface area (Å²) in [6.45, 7) is 0.979. The van der Waals surface area contributed by atoms with Gasteiger partial charge in [0.25, 0.3) is 0 Å². The minimum atomic E-state index is -0.208. The van der Waals surface area contributed by atoms with E-state index in [2.05, 4.69) is 5.32 Å². The molecule has 126 valence electrons. The summed E-state index contributed by atoms with van der Waals surface area (Å²) >= 11 is 0. The van der Waals surface area contributed by atoms with E-state index >= 15 is 0 Å². The Kier molecular flexibility index (Phi) is 6.86. The maximum Gasteiger partial charge on any atom is 0.248 e. The molecule has 5 nitrogen and oxygen atoms in total. The SMILES string of the molecule is COCCOc1cccc(NC(=O)/C=C/c2ccc(OC)cc2)c1. The maximum absolute atomic E-state index is 12.0. The van der Waals surface area contributed by atoms with Gasteiger partial charge in [0, 0.05) is 24.9 Å². The highest BCUT2D eigenvalue weighted by Gasteiger charge is 2.00. The number of ether oxygens (including phenoxy) is 3. The van der Waals surface area contributed by atoms with E-state index in [1.54, 1.807) is 26.4 Å². The molecule has 0 aromatic heterocycles. The summed E-state index contributed by atoms with van der Waals surface area (Å²) in [5, 5.41) is 2.80. The van der Waals surface area contributed by atoms with Crippen molar-refractivity contribution in [3.63, 3.8) is 0 Å². The quantitative estimate of drug-likeness (QED) is 0.596. The summed E-state index contributed by atoms with van der Waals surface area (Å²) in [5.41, 5.74) is 1.59. The summed E-state index contributed by atoms with van der Waals surface area (Å²) in [6, 6.07) is 14.7. The van der Waals surface area contributed by atoms with Crippen molar-refractivity contribution in [2.24, 2.45) is 0 Å². The van der Waals surface area contributed by atoms with Gasteiger partial charge in [-0.2, -0.15) is 0 Å².